The number of amides is 1. The van der Waals surface area contributed by atoms with Crippen molar-refractivity contribution in [3.8, 4) is 5.75 Å². The van der Waals surface area contributed by atoms with Crippen molar-refractivity contribution < 1.29 is 19.6 Å². The van der Waals surface area contributed by atoms with Crippen molar-refractivity contribution in [1.82, 2.24) is 5.32 Å². The third kappa shape index (κ3) is 4.84. The molecule has 2 aromatic carbocycles. The van der Waals surface area contributed by atoms with Crippen LogP contribution >= 0.6 is 12.2 Å². The molecular formula is C20H22N4O5S. The van der Waals surface area contributed by atoms with E-state index in [1.54, 1.807) is 19.1 Å². The fraction of sp³-hybridized carbons (Fsp3) is 0.300. The van der Waals surface area contributed by atoms with E-state index in [-0.39, 0.29) is 22.1 Å². The first-order chi connectivity index (χ1) is 14.3. The van der Waals surface area contributed by atoms with E-state index in [0.29, 0.717) is 43.2 Å². The average molecular weight is 430 g/mol. The number of phenolic OH excluding ortho intramolecular Hbond substituents is 1. The maximum atomic E-state index is 12.9. The number of carbonyl (C=O) groups is 1. The Hall–Kier alpha value is -3.24. The standard InChI is InChI=1S/C20H22N4O5S/c1-12-9-13(2)18(25)16(10-12)21-20(30)22-19(26)15-11-14(24(27)28)3-4-17(15)23-5-7-29-8-6-23/h3-4,9-11,25H,5-8H2,1-2H3,(H2,21,22,26,30). The number of hydrogen-bond acceptors (Lipinski definition) is 7. The molecule has 0 unspecified atom stereocenters. The Morgan fingerprint density at radius 3 is 2.60 bits per heavy atom. The van der Waals surface area contributed by atoms with Crippen LogP contribution in [0.4, 0.5) is 17.1 Å². The number of rotatable bonds is 4. The molecule has 1 fully saturated rings. The van der Waals surface area contributed by atoms with Gasteiger partial charge in [-0.2, -0.15) is 0 Å². The van der Waals surface area contributed by atoms with Crippen LogP contribution < -0.4 is 15.5 Å². The molecule has 9 nitrogen and oxygen atoms in total. The lowest BCUT2D eigenvalue weighted by molar-refractivity contribution is -0.384. The number of nitrogens with one attached hydrogen (secondary N) is 2. The molecule has 1 saturated heterocycles. The van der Waals surface area contributed by atoms with Crippen LogP contribution in [0.15, 0.2) is 30.3 Å². The van der Waals surface area contributed by atoms with Crippen molar-refractivity contribution >= 4 is 40.3 Å². The summed E-state index contributed by atoms with van der Waals surface area (Å²) in [5.41, 5.74) is 2.46. The fourth-order valence-corrected chi connectivity index (χ4v) is 3.48. The molecule has 0 spiro atoms. The Kier molecular flexibility index (Phi) is 6.48. The molecule has 1 amide bonds. The summed E-state index contributed by atoms with van der Waals surface area (Å²) in [6.07, 6.45) is 0. The number of nitrogens with zero attached hydrogens (tertiary/aromatic N) is 2. The normalized spacial score (nSPS) is 13.6. The van der Waals surface area contributed by atoms with Crippen molar-refractivity contribution in [3.05, 3.63) is 57.1 Å². The summed E-state index contributed by atoms with van der Waals surface area (Å²) < 4.78 is 5.34. The molecule has 0 atom stereocenters. The summed E-state index contributed by atoms with van der Waals surface area (Å²) in [6.45, 7) is 5.77. The number of nitro benzene ring substituents is 1. The molecule has 0 saturated carbocycles. The Labute approximate surface area is 178 Å². The smallest absolute Gasteiger partial charge is 0.270 e. The molecule has 0 bridgehead atoms. The number of nitro groups is 1. The number of carbonyl (C=O) groups excluding carboxylic acids is 1. The minimum absolute atomic E-state index is 0.0280. The summed E-state index contributed by atoms with van der Waals surface area (Å²) in [4.78, 5) is 25.5. The fourth-order valence-electron chi connectivity index (χ4n) is 3.28. The number of hydrogen-bond donors (Lipinski definition) is 3. The lowest BCUT2D eigenvalue weighted by atomic mass is 10.1. The second kappa shape index (κ2) is 9.06. The molecule has 1 heterocycles. The average Bonchev–Trinajstić information content (AvgIpc) is 2.71. The number of aromatic hydroxyl groups is 1. The quantitative estimate of drug-likeness (QED) is 0.293. The van der Waals surface area contributed by atoms with E-state index in [1.807, 2.05) is 17.9 Å². The molecule has 1 aliphatic heterocycles. The van der Waals surface area contributed by atoms with Gasteiger partial charge in [0.05, 0.1) is 35.1 Å². The van der Waals surface area contributed by atoms with Gasteiger partial charge in [0.15, 0.2) is 5.11 Å². The van der Waals surface area contributed by atoms with E-state index in [1.165, 1.54) is 12.1 Å². The van der Waals surface area contributed by atoms with Gasteiger partial charge in [0.1, 0.15) is 5.75 Å². The molecular weight excluding hydrogens is 408 g/mol. The molecule has 3 rings (SSSR count). The Morgan fingerprint density at radius 1 is 1.23 bits per heavy atom. The van der Waals surface area contributed by atoms with Crippen molar-refractivity contribution in [3.63, 3.8) is 0 Å². The maximum Gasteiger partial charge on any atom is 0.270 e. The lowest BCUT2D eigenvalue weighted by Crippen LogP contribution is -2.39. The summed E-state index contributed by atoms with van der Waals surface area (Å²) in [6, 6.07) is 7.68. The van der Waals surface area contributed by atoms with E-state index in [4.69, 9.17) is 17.0 Å². The highest BCUT2D eigenvalue weighted by Crippen LogP contribution is 2.29. The number of ether oxygens (including phenoxy) is 1. The van der Waals surface area contributed by atoms with Gasteiger partial charge in [0.25, 0.3) is 11.6 Å². The minimum atomic E-state index is -0.582. The number of aryl methyl sites for hydroxylation is 2. The van der Waals surface area contributed by atoms with E-state index in [0.717, 1.165) is 5.56 Å². The minimum Gasteiger partial charge on any atom is -0.505 e. The first kappa shape index (κ1) is 21.5. The Balaban J connectivity index is 1.83. The van der Waals surface area contributed by atoms with Crippen LogP contribution in [-0.2, 0) is 4.74 Å². The molecule has 30 heavy (non-hydrogen) atoms. The zero-order valence-corrected chi connectivity index (χ0v) is 17.4. The highest BCUT2D eigenvalue weighted by atomic mass is 32.1. The molecule has 1 aliphatic rings. The van der Waals surface area contributed by atoms with Crippen LogP contribution in [0.5, 0.6) is 5.75 Å². The number of thiocarbonyl (C=S) groups is 1. The Bertz CT molecular complexity index is 1000. The van der Waals surface area contributed by atoms with E-state index >= 15 is 0 Å². The molecule has 0 aliphatic carbocycles. The molecule has 0 radical (unpaired) electrons. The number of anilines is 2. The van der Waals surface area contributed by atoms with Gasteiger partial charge in [0, 0.05) is 25.2 Å². The topological polar surface area (TPSA) is 117 Å². The zero-order valence-electron chi connectivity index (χ0n) is 16.6. The largest absolute Gasteiger partial charge is 0.505 e. The maximum absolute atomic E-state index is 12.9. The molecule has 10 heteroatoms. The van der Waals surface area contributed by atoms with E-state index in [9.17, 15) is 20.0 Å². The number of non-ortho nitro benzene ring substituents is 1. The van der Waals surface area contributed by atoms with Crippen molar-refractivity contribution in [2.75, 3.05) is 36.5 Å². The van der Waals surface area contributed by atoms with Crippen LogP contribution in [0.1, 0.15) is 21.5 Å². The van der Waals surface area contributed by atoms with Gasteiger partial charge < -0.3 is 20.1 Å². The summed E-state index contributed by atoms with van der Waals surface area (Å²) in [5, 5.41) is 26.7. The van der Waals surface area contributed by atoms with Crippen molar-refractivity contribution in [1.29, 1.82) is 0 Å². The summed E-state index contributed by atoms with van der Waals surface area (Å²) in [7, 11) is 0. The molecule has 2 aromatic rings. The highest BCUT2D eigenvalue weighted by Gasteiger charge is 2.23. The van der Waals surface area contributed by atoms with Gasteiger partial charge in [-0.05, 0) is 49.3 Å². The van der Waals surface area contributed by atoms with Crippen LogP contribution in [0.3, 0.4) is 0 Å². The van der Waals surface area contributed by atoms with E-state index in [2.05, 4.69) is 10.6 Å². The van der Waals surface area contributed by atoms with Crippen molar-refractivity contribution in [2.24, 2.45) is 0 Å². The van der Waals surface area contributed by atoms with Crippen LogP contribution in [0.2, 0.25) is 0 Å². The van der Waals surface area contributed by atoms with Gasteiger partial charge >= 0.3 is 0 Å². The van der Waals surface area contributed by atoms with E-state index < -0.39 is 10.8 Å². The van der Waals surface area contributed by atoms with Gasteiger partial charge in [0.2, 0.25) is 0 Å². The predicted molar refractivity (Wildman–Crippen MR) is 117 cm³/mol. The number of phenols is 1. The molecule has 158 valence electrons. The van der Waals surface area contributed by atoms with Crippen LogP contribution in [0.25, 0.3) is 0 Å². The van der Waals surface area contributed by atoms with Crippen LogP contribution in [0, 0.1) is 24.0 Å². The van der Waals surface area contributed by atoms with Gasteiger partial charge in [-0.3, -0.25) is 20.2 Å². The number of benzene rings is 2. The summed E-state index contributed by atoms with van der Waals surface area (Å²) in [5.74, 6) is -0.553. The Morgan fingerprint density at radius 2 is 1.93 bits per heavy atom. The second-order valence-corrected chi connectivity index (χ2v) is 7.35. The van der Waals surface area contributed by atoms with Gasteiger partial charge in [-0.25, -0.2) is 0 Å². The monoisotopic (exact) mass is 430 g/mol. The highest BCUT2D eigenvalue weighted by molar-refractivity contribution is 7.80. The molecule has 0 aromatic heterocycles. The van der Waals surface area contributed by atoms with Crippen LogP contribution in [-0.4, -0.2) is 47.4 Å². The first-order valence-corrected chi connectivity index (χ1v) is 9.71. The third-order valence-electron chi connectivity index (χ3n) is 4.71. The van der Waals surface area contributed by atoms with Crippen molar-refractivity contribution in [2.45, 2.75) is 13.8 Å². The van der Waals surface area contributed by atoms with Gasteiger partial charge in [-0.15, -0.1) is 0 Å². The second-order valence-electron chi connectivity index (χ2n) is 6.94. The zero-order chi connectivity index (χ0) is 21.8. The third-order valence-corrected chi connectivity index (χ3v) is 4.91. The lowest BCUT2D eigenvalue weighted by Gasteiger charge is -2.30. The predicted octanol–water partition coefficient (Wildman–Crippen LogP) is 2.88. The summed E-state index contributed by atoms with van der Waals surface area (Å²) >= 11 is 5.22. The first-order valence-electron chi connectivity index (χ1n) is 9.30. The number of morpholine rings is 1. The SMILES string of the molecule is Cc1cc(C)c(O)c(NC(=S)NC(=O)c2cc([N+](=O)[O-])ccc2N2CCOCC2)c1. The molecule has 3 N–H and O–H groups in total. The van der Waals surface area contributed by atoms with Gasteiger partial charge in [-0.1, -0.05) is 6.07 Å².